The Kier molecular flexibility index (Phi) is 7.18. The summed E-state index contributed by atoms with van der Waals surface area (Å²) in [7, 11) is 0. The fourth-order valence-electron chi connectivity index (χ4n) is 5.85. The Morgan fingerprint density at radius 2 is 1.64 bits per heavy atom. The lowest BCUT2D eigenvalue weighted by molar-refractivity contribution is 0.122. The van der Waals surface area contributed by atoms with E-state index >= 15 is 0 Å². The summed E-state index contributed by atoms with van der Waals surface area (Å²) in [5.74, 6) is 0. The number of hydrogen-bond acceptors (Lipinski definition) is 4. The zero-order valence-electron chi connectivity index (χ0n) is 22.4. The maximum Gasteiger partial charge on any atom is 0.174 e. The van der Waals surface area contributed by atoms with Crippen molar-refractivity contribution in [1.29, 1.82) is 0 Å². The Hall–Kier alpha value is -3.20. The number of aromatic nitrogens is 2. The Labute approximate surface area is 243 Å². The first-order chi connectivity index (χ1) is 18.9. The van der Waals surface area contributed by atoms with E-state index in [0.717, 1.165) is 47.8 Å². The standard InChI is InChI=1S/C31H32BrN5OS/c1-20-18-25(11-12-27(20)32)37-30(29(34-31(37)39)28-6-4-5-13-33-28)26-19-21(2)36(22(26)3)24-9-7-23(8-10-24)35-14-16-38-17-15-35/h4-13,18-19,29-30H,14-17H2,1-3H3,(H,34,39)/t29-,30+/m1/s1. The fourth-order valence-corrected chi connectivity index (χ4v) is 6.44. The summed E-state index contributed by atoms with van der Waals surface area (Å²) < 4.78 is 8.96. The highest BCUT2D eigenvalue weighted by Gasteiger charge is 2.42. The molecule has 2 aromatic heterocycles. The topological polar surface area (TPSA) is 45.6 Å². The van der Waals surface area contributed by atoms with Gasteiger partial charge in [-0.15, -0.1) is 0 Å². The molecule has 0 aliphatic carbocycles. The number of thiocarbonyl (C=S) groups is 1. The molecule has 0 amide bonds. The summed E-state index contributed by atoms with van der Waals surface area (Å²) in [6.45, 7) is 9.92. The number of halogens is 1. The lowest BCUT2D eigenvalue weighted by Crippen LogP contribution is -2.36. The van der Waals surface area contributed by atoms with Crippen molar-refractivity contribution in [2.75, 3.05) is 36.1 Å². The van der Waals surface area contributed by atoms with Gasteiger partial charge in [0.15, 0.2) is 5.11 Å². The van der Waals surface area contributed by atoms with Crippen LogP contribution in [0.1, 0.15) is 40.3 Å². The molecule has 2 atom stereocenters. The van der Waals surface area contributed by atoms with Gasteiger partial charge in [-0.1, -0.05) is 22.0 Å². The van der Waals surface area contributed by atoms with E-state index in [1.54, 1.807) is 0 Å². The highest BCUT2D eigenvalue weighted by Crippen LogP contribution is 2.44. The maximum absolute atomic E-state index is 5.96. The van der Waals surface area contributed by atoms with Gasteiger partial charge in [0.1, 0.15) is 0 Å². The second kappa shape index (κ2) is 10.8. The molecule has 0 bridgehead atoms. The van der Waals surface area contributed by atoms with E-state index in [1.165, 1.54) is 28.2 Å². The van der Waals surface area contributed by atoms with Crippen LogP contribution in [0, 0.1) is 20.8 Å². The highest BCUT2D eigenvalue weighted by atomic mass is 79.9. The Morgan fingerprint density at radius 1 is 0.923 bits per heavy atom. The smallest absolute Gasteiger partial charge is 0.174 e. The molecule has 2 aliphatic rings. The number of benzene rings is 2. The molecule has 2 saturated heterocycles. The number of anilines is 2. The molecular formula is C31H32BrN5OS. The Morgan fingerprint density at radius 3 is 2.33 bits per heavy atom. The van der Waals surface area contributed by atoms with E-state index in [-0.39, 0.29) is 12.1 Å². The van der Waals surface area contributed by atoms with E-state index in [4.69, 9.17) is 21.9 Å². The van der Waals surface area contributed by atoms with Crippen LogP contribution in [-0.2, 0) is 4.74 Å². The van der Waals surface area contributed by atoms with Crippen molar-refractivity contribution in [2.24, 2.45) is 0 Å². The van der Waals surface area contributed by atoms with Crippen molar-refractivity contribution in [1.82, 2.24) is 14.9 Å². The molecule has 6 rings (SSSR count). The van der Waals surface area contributed by atoms with Crippen LogP contribution in [0.5, 0.6) is 0 Å². The number of nitrogens with one attached hydrogen (secondary N) is 1. The summed E-state index contributed by atoms with van der Waals surface area (Å²) >= 11 is 9.61. The van der Waals surface area contributed by atoms with Gasteiger partial charge < -0.3 is 24.4 Å². The minimum atomic E-state index is -0.0831. The third-order valence-corrected chi connectivity index (χ3v) is 9.00. The van der Waals surface area contributed by atoms with E-state index in [2.05, 4.69) is 111 Å². The predicted octanol–water partition coefficient (Wildman–Crippen LogP) is 6.57. The summed E-state index contributed by atoms with van der Waals surface area (Å²) in [5.41, 5.74) is 9.21. The Bertz CT molecular complexity index is 1500. The highest BCUT2D eigenvalue weighted by molar-refractivity contribution is 9.10. The normalized spacial score (nSPS) is 19.4. The third-order valence-electron chi connectivity index (χ3n) is 7.79. The van der Waals surface area contributed by atoms with Gasteiger partial charge in [0.05, 0.1) is 31.0 Å². The van der Waals surface area contributed by atoms with Crippen LogP contribution in [0.3, 0.4) is 0 Å². The van der Waals surface area contributed by atoms with Crippen LogP contribution >= 0.6 is 28.1 Å². The molecule has 39 heavy (non-hydrogen) atoms. The molecule has 2 aromatic carbocycles. The number of nitrogens with zero attached hydrogens (tertiary/aromatic N) is 4. The van der Waals surface area contributed by atoms with Crippen molar-refractivity contribution in [3.63, 3.8) is 0 Å². The molecule has 2 aliphatic heterocycles. The van der Waals surface area contributed by atoms with Crippen molar-refractivity contribution in [3.05, 3.63) is 106 Å². The molecule has 1 N–H and O–H groups in total. The zero-order chi connectivity index (χ0) is 27.1. The van der Waals surface area contributed by atoms with Crippen LogP contribution in [0.25, 0.3) is 5.69 Å². The summed E-state index contributed by atoms with van der Waals surface area (Å²) in [4.78, 5) is 9.36. The van der Waals surface area contributed by atoms with Crippen molar-refractivity contribution in [3.8, 4) is 5.69 Å². The first-order valence-corrected chi connectivity index (χ1v) is 14.5. The van der Waals surface area contributed by atoms with Gasteiger partial charge >= 0.3 is 0 Å². The third kappa shape index (κ3) is 4.86. The molecule has 0 spiro atoms. The molecule has 4 aromatic rings. The Balaban J connectivity index is 1.42. The second-order valence-corrected chi connectivity index (χ2v) is 11.4. The van der Waals surface area contributed by atoms with Gasteiger partial charge in [0.25, 0.3) is 0 Å². The molecular weight excluding hydrogens is 570 g/mol. The molecule has 8 heteroatoms. The zero-order valence-corrected chi connectivity index (χ0v) is 24.8. The number of morpholine rings is 1. The largest absolute Gasteiger partial charge is 0.378 e. The van der Waals surface area contributed by atoms with Crippen molar-refractivity contribution in [2.45, 2.75) is 32.9 Å². The minimum Gasteiger partial charge on any atom is -0.378 e. The molecule has 0 saturated carbocycles. The molecule has 6 nitrogen and oxygen atoms in total. The monoisotopic (exact) mass is 601 g/mol. The molecule has 0 radical (unpaired) electrons. The fraction of sp³-hybridized carbons (Fsp3) is 0.290. The van der Waals surface area contributed by atoms with Gasteiger partial charge in [0, 0.05) is 52.2 Å². The van der Waals surface area contributed by atoms with Gasteiger partial charge in [-0.25, -0.2) is 0 Å². The number of rotatable bonds is 5. The molecule has 0 unspecified atom stereocenters. The summed E-state index contributed by atoms with van der Waals surface area (Å²) in [5, 5.41) is 4.30. The number of aryl methyl sites for hydroxylation is 2. The van der Waals surface area contributed by atoms with E-state index in [1.807, 2.05) is 18.3 Å². The van der Waals surface area contributed by atoms with Crippen LogP contribution in [-0.4, -0.2) is 41.0 Å². The van der Waals surface area contributed by atoms with Crippen molar-refractivity contribution < 1.29 is 4.74 Å². The quantitative estimate of drug-likeness (QED) is 0.261. The van der Waals surface area contributed by atoms with E-state index in [9.17, 15) is 0 Å². The average Bonchev–Trinajstić information content (AvgIpc) is 3.46. The first-order valence-electron chi connectivity index (χ1n) is 13.3. The van der Waals surface area contributed by atoms with Crippen LogP contribution < -0.4 is 15.1 Å². The molecule has 4 heterocycles. The summed E-state index contributed by atoms with van der Waals surface area (Å²) in [6, 6.07) is 23.5. The number of hydrogen-bond donors (Lipinski definition) is 1. The van der Waals surface area contributed by atoms with E-state index in [0.29, 0.717) is 5.11 Å². The maximum atomic E-state index is 5.96. The minimum absolute atomic E-state index is 0.0550. The van der Waals surface area contributed by atoms with Crippen LogP contribution in [0.15, 0.2) is 77.4 Å². The van der Waals surface area contributed by atoms with Crippen molar-refractivity contribution >= 4 is 44.6 Å². The lowest BCUT2D eigenvalue weighted by atomic mass is 9.96. The van der Waals surface area contributed by atoms with Gasteiger partial charge in [0.2, 0.25) is 0 Å². The SMILES string of the molecule is Cc1cc(N2C(=S)N[C@H](c3ccccn3)[C@@H]2c2cc(C)n(-c3ccc(N4CCOCC4)cc3)c2C)ccc1Br. The van der Waals surface area contributed by atoms with Gasteiger partial charge in [-0.2, -0.15) is 0 Å². The predicted molar refractivity (Wildman–Crippen MR) is 165 cm³/mol. The summed E-state index contributed by atoms with van der Waals surface area (Å²) in [6.07, 6.45) is 1.85. The van der Waals surface area contributed by atoms with Gasteiger partial charge in [-0.05, 0) is 105 Å². The average molecular weight is 603 g/mol. The van der Waals surface area contributed by atoms with Crippen LogP contribution in [0.2, 0.25) is 0 Å². The molecule has 2 fully saturated rings. The number of ether oxygens (including phenoxy) is 1. The first kappa shape index (κ1) is 26.0. The number of pyridine rings is 1. The molecule has 200 valence electrons. The second-order valence-electron chi connectivity index (χ2n) is 10.2. The van der Waals surface area contributed by atoms with Gasteiger partial charge in [-0.3, -0.25) is 4.98 Å². The van der Waals surface area contributed by atoms with E-state index < -0.39 is 0 Å². The lowest BCUT2D eigenvalue weighted by Gasteiger charge is -2.29. The van der Waals surface area contributed by atoms with Crippen LogP contribution in [0.4, 0.5) is 11.4 Å².